The minimum atomic E-state index is -0.928. The van der Waals surface area contributed by atoms with Crippen molar-refractivity contribution in [1.82, 2.24) is 39.3 Å². The van der Waals surface area contributed by atoms with Crippen LogP contribution in [-0.4, -0.2) is 120 Å². The molecule has 6 heterocycles. The van der Waals surface area contributed by atoms with Gasteiger partial charge in [-0.1, -0.05) is 24.3 Å². The van der Waals surface area contributed by atoms with Gasteiger partial charge in [-0.2, -0.15) is 10.2 Å². The summed E-state index contributed by atoms with van der Waals surface area (Å²) in [6.45, 7) is 2.72. The fourth-order valence-corrected chi connectivity index (χ4v) is 8.59. The average Bonchev–Trinajstić information content (AvgIpc) is 3.92. The van der Waals surface area contributed by atoms with Gasteiger partial charge in [-0.25, -0.2) is 23.4 Å². The van der Waals surface area contributed by atoms with Crippen molar-refractivity contribution in [2.75, 3.05) is 50.8 Å². The van der Waals surface area contributed by atoms with E-state index in [4.69, 9.17) is 14.6 Å². The Labute approximate surface area is 326 Å². The van der Waals surface area contributed by atoms with E-state index in [1.807, 2.05) is 56.8 Å². The van der Waals surface area contributed by atoms with Gasteiger partial charge in [0, 0.05) is 56.8 Å². The Balaban J connectivity index is 1.09. The SMILES string of the molecule is Cn1nc2cccc3c2c1CCCN(CCCN1CCOCC1C(=O)O)C(=O)[C@@H]1C[C@@H](CN1c1ncnc2c1cnn2-c1ccc(F)cc1F)Oc1cccc-3c1. The summed E-state index contributed by atoms with van der Waals surface area (Å²) in [7, 11) is 1.95. The van der Waals surface area contributed by atoms with Crippen molar-refractivity contribution in [3.63, 3.8) is 0 Å². The lowest BCUT2D eigenvalue weighted by atomic mass is 9.98. The maximum absolute atomic E-state index is 15.0. The molecule has 3 aromatic heterocycles. The number of nitrogens with zero attached hydrogens (tertiary/aromatic N) is 9. The highest BCUT2D eigenvalue weighted by Gasteiger charge is 2.42. The molecule has 3 atom stereocenters. The summed E-state index contributed by atoms with van der Waals surface area (Å²) in [5.74, 6) is -1.45. The lowest BCUT2D eigenvalue weighted by molar-refractivity contribution is -0.149. The van der Waals surface area contributed by atoms with E-state index in [1.165, 1.54) is 23.3 Å². The summed E-state index contributed by atoms with van der Waals surface area (Å²) >= 11 is 0. The molecule has 0 spiro atoms. The molecule has 1 N–H and O–H groups in total. The Morgan fingerprint density at radius 1 is 1.04 bits per heavy atom. The van der Waals surface area contributed by atoms with Crippen molar-refractivity contribution in [1.29, 1.82) is 0 Å². The van der Waals surface area contributed by atoms with Crippen LogP contribution < -0.4 is 9.64 Å². The van der Waals surface area contributed by atoms with Gasteiger partial charge in [0.15, 0.2) is 11.5 Å². The molecule has 1 unspecified atom stereocenters. The molecule has 14 nitrogen and oxygen atoms in total. The predicted molar refractivity (Wildman–Crippen MR) is 206 cm³/mol. The predicted octanol–water partition coefficient (Wildman–Crippen LogP) is 4.62. The number of ether oxygens (including phenoxy) is 2. The first-order valence-corrected chi connectivity index (χ1v) is 19.2. The highest BCUT2D eigenvalue weighted by atomic mass is 19.1. The van der Waals surface area contributed by atoms with Crippen LogP contribution in [-0.2, 0) is 27.8 Å². The zero-order chi connectivity index (χ0) is 39.2. The Kier molecular flexibility index (Phi) is 9.74. The minimum Gasteiger partial charge on any atom is -0.488 e. The lowest BCUT2D eigenvalue weighted by Crippen LogP contribution is -2.51. The fraction of sp³-hybridized carbons (Fsp3) is 0.366. The van der Waals surface area contributed by atoms with E-state index < -0.39 is 35.8 Å². The third-order valence-corrected chi connectivity index (χ3v) is 11.3. The molecule has 9 rings (SSSR count). The number of halogens is 2. The first-order chi connectivity index (χ1) is 27.7. The van der Waals surface area contributed by atoms with Crippen LogP contribution in [0.5, 0.6) is 5.75 Å². The molecule has 294 valence electrons. The van der Waals surface area contributed by atoms with Crippen LogP contribution in [0.3, 0.4) is 0 Å². The second-order valence-corrected chi connectivity index (χ2v) is 14.8. The van der Waals surface area contributed by atoms with Crippen molar-refractivity contribution in [2.45, 2.75) is 43.9 Å². The third kappa shape index (κ3) is 6.92. The second kappa shape index (κ2) is 15.2. The maximum atomic E-state index is 15.0. The van der Waals surface area contributed by atoms with Crippen molar-refractivity contribution in [3.05, 3.63) is 90.5 Å². The Morgan fingerprint density at radius 3 is 2.77 bits per heavy atom. The number of morpholine rings is 1. The van der Waals surface area contributed by atoms with Gasteiger partial charge < -0.3 is 24.4 Å². The van der Waals surface area contributed by atoms with Gasteiger partial charge in [-0.15, -0.1) is 0 Å². The number of anilines is 1. The number of carbonyl (C=O) groups is 2. The van der Waals surface area contributed by atoms with Crippen LogP contribution in [0.25, 0.3) is 38.8 Å². The Bertz CT molecular complexity index is 2490. The Hall–Kier alpha value is -6.00. The van der Waals surface area contributed by atoms with E-state index in [0.29, 0.717) is 87.6 Å². The zero-order valence-electron chi connectivity index (χ0n) is 31.3. The normalized spacial score (nSPS) is 20.5. The van der Waals surface area contributed by atoms with Crippen molar-refractivity contribution < 1.29 is 33.0 Å². The number of aromatic nitrogens is 6. The number of benzene rings is 3. The summed E-state index contributed by atoms with van der Waals surface area (Å²) in [6.07, 6.45) is 4.71. The van der Waals surface area contributed by atoms with Gasteiger partial charge in [-0.05, 0) is 60.7 Å². The monoisotopic (exact) mass is 777 g/mol. The van der Waals surface area contributed by atoms with Crippen LogP contribution in [0.4, 0.5) is 14.6 Å². The van der Waals surface area contributed by atoms with E-state index >= 15 is 4.79 Å². The largest absolute Gasteiger partial charge is 0.488 e. The maximum Gasteiger partial charge on any atom is 0.323 e. The van der Waals surface area contributed by atoms with E-state index in [0.717, 1.165) is 39.9 Å². The second-order valence-electron chi connectivity index (χ2n) is 14.8. The highest BCUT2D eigenvalue weighted by Crippen LogP contribution is 2.37. The number of aryl methyl sites for hydroxylation is 2. The van der Waals surface area contributed by atoms with E-state index in [-0.39, 0.29) is 18.2 Å². The van der Waals surface area contributed by atoms with Crippen LogP contribution >= 0.6 is 0 Å². The van der Waals surface area contributed by atoms with Crippen molar-refractivity contribution in [2.24, 2.45) is 7.05 Å². The number of hydrogen-bond acceptors (Lipinski definition) is 10. The third-order valence-electron chi connectivity index (χ3n) is 11.3. The van der Waals surface area contributed by atoms with Gasteiger partial charge in [-0.3, -0.25) is 19.2 Å². The molecule has 16 heteroatoms. The summed E-state index contributed by atoms with van der Waals surface area (Å²) in [4.78, 5) is 41.8. The molecule has 1 amide bonds. The molecular formula is C41H41F2N9O5. The highest BCUT2D eigenvalue weighted by molar-refractivity contribution is 5.97. The summed E-state index contributed by atoms with van der Waals surface area (Å²) in [6, 6.07) is 15.9. The average molecular weight is 778 g/mol. The molecule has 3 aliphatic rings. The smallest absolute Gasteiger partial charge is 0.323 e. The topological polar surface area (TPSA) is 144 Å². The molecule has 2 fully saturated rings. The van der Waals surface area contributed by atoms with Crippen molar-refractivity contribution in [3.8, 4) is 22.6 Å². The Morgan fingerprint density at radius 2 is 1.91 bits per heavy atom. The molecule has 3 aliphatic heterocycles. The van der Waals surface area contributed by atoms with Gasteiger partial charge in [0.2, 0.25) is 5.91 Å². The molecular weight excluding hydrogens is 737 g/mol. The summed E-state index contributed by atoms with van der Waals surface area (Å²) < 4.78 is 44.2. The number of aliphatic carboxylic acids is 1. The van der Waals surface area contributed by atoms with Gasteiger partial charge >= 0.3 is 5.97 Å². The standard InChI is InChI=1S/C41H41F2N9O5/c1-48-34-10-4-13-50(15-5-14-49-16-17-56-23-36(49)41(54)55)40(53)35-20-28(57-27-7-2-6-25(18-27)29-8-3-9-32(47-48)37(29)34)22-51(35)38-30-21-46-52(39(30)45-24-44-38)33-12-11-26(42)19-31(33)43/h2-3,6-9,11-12,18-19,21,24,28,35-36H,4-5,10,13-17,20,22-23H2,1H3,(H,54,55)/t28-,35-,36?/m0/s1. The van der Waals surface area contributed by atoms with Gasteiger partial charge in [0.25, 0.3) is 0 Å². The van der Waals surface area contributed by atoms with Crippen LogP contribution in [0.1, 0.15) is 25.0 Å². The molecule has 57 heavy (non-hydrogen) atoms. The number of carboxylic acids is 1. The minimum absolute atomic E-state index is 0.0245. The lowest BCUT2D eigenvalue weighted by Gasteiger charge is -2.34. The van der Waals surface area contributed by atoms with Gasteiger partial charge in [0.05, 0.1) is 36.9 Å². The molecule has 0 saturated carbocycles. The van der Waals surface area contributed by atoms with E-state index in [2.05, 4.69) is 27.2 Å². The summed E-state index contributed by atoms with van der Waals surface area (Å²) in [5, 5.41) is 20.7. The summed E-state index contributed by atoms with van der Waals surface area (Å²) in [5.41, 5.74) is 4.32. The van der Waals surface area contributed by atoms with E-state index in [9.17, 15) is 18.7 Å². The molecule has 6 aromatic rings. The van der Waals surface area contributed by atoms with Crippen molar-refractivity contribution >= 4 is 39.6 Å². The number of carbonyl (C=O) groups excluding carboxylic acids is 1. The first-order valence-electron chi connectivity index (χ1n) is 19.2. The van der Waals surface area contributed by atoms with Gasteiger partial charge in [0.1, 0.15) is 47.6 Å². The van der Waals surface area contributed by atoms with E-state index in [1.54, 1.807) is 0 Å². The molecule has 4 bridgehead atoms. The quantitative estimate of drug-likeness (QED) is 0.243. The van der Waals surface area contributed by atoms with Crippen LogP contribution in [0.15, 0.2) is 73.2 Å². The number of rotatable bonds is 7. The molecule has 0 radical (unpaired) electrons. The molecule has 2 saturated heterocycles. The zero-order valence-corrected chi connectivity index (χ0v) is 31.3. The van der Waals surface area contributed by atoms with Crippen LogP contribution in [0, 0.1) is 11.6 Å². The number of carboxylic acid groups (broad SMARTS) is 1. The fourth-order valence-electron chi connectivity index (χ4n) is 8.59. The molecule has 3 aromatic carbocycles. The number of fused-ring (bicyclic) bond motifs is 6. The molecule has 0 aliphatic carbocycles. The number of amides is 1. The number of hydrogen-bond donors (Lipinski definition) is 1. The van der Waals surface area contributed by atoms with Crippen LogP contribution in [0.2, 0.25) is 0 Å². The first kappa shape index (κ1) is 36.6.